The van der Waals surface area contributed by atoms with Crippen LogP contribution in [-0.2, 0) is 13.2 Å². The lowest BCUT2D eigenvalue weighted by Gasteiger charge is -2.16. The van der Waals surface area contributed by atoms with Crippen molar-refractivity contribution in [2.24, 2.45) is 0 Å². The van der Waals surface area contributed by atoms with E-state index in [-0.39, 0.29) is 0 Å². The Morgan fingerprint density at radius 2 is 1.76 bits per heavy atom. The number of aliphatic hydroxyl groups excluding tert-OH is 1. The van der Waals surface area contributed by atoms with Crippen molar-refractivity contribution < 1.29 is 14.6 Å². The van der Waals surface area contributed by atoms with Gasteiger partial charge in [-0.1, -0.05) is 70.0 Å². The summed E-state index contributed by atoms with van der Waals surface area (Å²) in [5.41, 5.74) is 2.93. The van der Waals surface area contributed by atoms with E-state index in [2.05, 4.69) is 21.2 Å². The average Bonchev–Trinajstić information content (AvgIpc) is 2.75. The second-order valence-electron chi connectivity index (χ2n) is 6.57. The third kappa shape index (κ3) is 6.21. The molecule has 0 fully saturated rings. The van der Waals surface area contributed by atoms with E-state index in [4.69, 9.17) is 21.1 Å². The molecule has 6 heteroatoms. The molecule has 3 aromatic rings. The lowest BCUT2D eigenvalue weighted by atomic mass is 10.1. The summed E-state index contributed by atoms with van der Waals surface area (Å²) in [4.78, 5) is 0. The van der Waals surface area contributed by atoms with E-state index >= 15 is 0 Å². The van der Waals surface area contributed by atoms with E-state index in [1.807, 2.05) is 66.7 Å². The normalized spacial score (nSPS) is 11.9. The average molecular weight is 477 g/mol. The van der Waals surface area contributed by atoms with E-state index in [0.29, 0.717) is 36.2 Å². The molecule has 4 nitrogen and oxygen atoms in total. The number of ether oxygens (including phenoxy) is 2. The molecule has 0 amide bonds. The highest BCUT2D eigenvalue weighted by molar-refractivity contribution is 9.10. The minimum atomic E-state index is -0.557. The van der Waals surface area contributed by atoms with Crippen LogP contribution < -0.4 is 14.8 Å². The summed E-state index contributed by atoms with van der Waals surface area (Å²) in [5, 5.41) is 14.3. The van der Waals surface area contributed by atoms with Crippen molar-refractivity contribution in [1.82, 2.24) is 5.32 Å². The third-order valence-electron chi connectivity index (χ3n) is 4.48. The van der Waals surface area contributed by atoms with Gasteiger partial charge in [0.2, 0.25) is 0 Å². The van der Waals surface area contributed by atoms with Gasteiger partial charge in [-0.2, -0.15) is 0 Å². The molecule has 29 heavy (non-hydrogen) atoms. The Morgan fingerprint density at radius 3 is 2.45 bits per heavy atom. The minimum Gasteiger partial charge on any atom is -0.493 e. The van der Waals surface area contributed by atoms with Crippen molar-refractivity contribution in [3.05, 3.63) is 92.9 Å². The van der Waals surface area contributed by atoms with Gasteiger partial charge in [0.1, 0.15) is 6.61 Å². The standard InChI is InChI=1S/C23H23BrClNO3/c1-28-22-11-18(13-26-14-21(27)17-5-3-2-4-6-17)20(24)12-23(22)29-15-16-7-9-19(25)10-8-16/h2-12,21,26-27H,13-15H2,1H3. The molecule has 3 aromatic carbocycles. The second-order valence-corrected chi connectivity index (χ2v) is 7.86. The van der Waals surface area contributed by atoms with Gasteiger partial charge in [0, 0.05) is 22.6 Å². The number of nitrogens with one attached hydrogen (secondary N) is 1. The zero-order valence-electron chi connectivity index (χ0n) is 16.1. The molecule has 0 saturated heterocycles. The number of rotatable bonds is 9. The molecular formula is C23H23BrClNO3. The smallest absolute Gasteiger partial charge is 0.162 e. The van der Waals surface area contributed by atoms with Gasteiger partial charge in [-0.05, 0) is 41.0 Å². The fourth-order valence-corrected chi connectivity index (χ4v) is 3.45. The highest BCUT2D eigenvalue weighted by Gasteiger charge is 2.12. The van der Waals surface area contributed by atoms with Gasteiger partial charge < -0.3 is 19.9 Å². The predicted molar refractivity (Wildman–Crippen MR) is 120 cm³/mol. The molecule has 0 aromatic heterocycles. The van der Waals surface area contributed by atoms with Crippen LogP contribution >= 0.6 is 27.5 Å². The Balaban J connectivity index is 1.60. The molecule has 1 unspecified atom stereocenters. The maximum Gasteiger partial charge on any atom is 0.162 e. The number of hydrogen-bond acceptors (Lipinski definition) is 4. The van der Waals surface area contributed by atoms with Crippen molar-refractivity contribution in [3.8, 4) is 11.5 Å². The molecule has 0 bridgehead atoms. The molecule has 1 atom stereocenters. The maximum atomic E-state index is 10.3. The summed E-state index contributed by atoms with van der Waals surface area (Å²) in [6, 6.07) is 21.0. The molecule has 0 heterocycles. The molecule has 0 saturated carbocycles. The maximum absolute atomic E-state index is 10.3. The Hall–Kier alpha value is -2.05. The van der Waals surface area contributed by atoms with E-state index < -0.39 is 6.10 Å². The van der Waals surface area contributed by atoms with E-state index in [9.17, 15) is 5.11 Å². The lowest BCUT2D eigenvalue weighted by Crippen LogP contribution is -2.21. The Morgan fingerprint density at radius 1 is 1.03 bits per heavy atom. The van der Waals surface area contributed by atoms with Crippen molar-refractivity contribution >= 4 is 27.5 Å². The molecule has 2 N–H and O–H groups in total. The summed E-state index contributed by atoms with van der Waals surface area (Å²) in [6.45, 7) is 1.45. The van der Waals surface area contributed by atoms with Gasteiger partial charge in [-0.3, -0.25) is 0 Å². The van der Waals surface area contributed by atoms with Crippen molar-refractivity contribution in [1.29, 1.82) is 0 Å². The Labute approximate surface area is 184 Å². The highest BCUT2D eigenvalue weighted by Crippen LogP contribution is 2.34. The monoisotopic (exact) mass is 475 g/mol. The van der Waals surface area contributed by atoms with Crippen LogP contribution in [0.4, 0.5) is 0 Å². The van der Waals surface area contributed by atoms with Crippen LogP contribution in [0.25, 0.3) is 0 Å². The van der Waals surface area contributed by atoms with Crippen LogP contribution in [0.15, 0.2) is 71.2 Å². The molecule has 3 rings (SSSR count). The number of methoxy groups -OCH3 is 1. The van der Waals surface area contributed by atoms with E-state index in [1.165, 1.54) is 0 Å². The predicted octanol–water partition coefficient (Wildman–Crippen LogP) is 5.51. The van der Waals surface area contributed by atoms with Crippen LogP contribution in [0, 0.1) is 0 Å². The van der Waals surface area contributed by atoms with Crippen LogP contribution in [-0.4, -0.2) is 18.8 Å². The summed E-state index contributed by atoms with van der Waals surface area (Å²) in [7, 11) is 1.62. The fourth-order valence-electron chi connectivity index (χ4n) is 2.86. The van der Waals surface area contributed by atoms with E-state index in [1.54, 1.807) is 7.11 Å². The molecular weight excluding hydrogens is 454 g/mol. The first-order chi connectivity index (χ1) is 14.1. The molecule has 0 aliphatic heterocycles. The quantitative estimate of drug-likeness (QED) is 0.427. The lowest BCUT2D eigenvalue weighted by molar-refractivity contribution is 0.174. The summed E-state index contributed by atoms with van der Waals surface area (Å²) >= 11 is 9.52. The topological polar surface area (TPSA) is 50.7 Å². The molecule has 0 aliphatic rings. The van der Waals surface area contributed by atoms with Gasteiger partial charge in [-0.15, -0.1) is 0 Å². The Bertz CT molecular complexity index is 919. The number of halogens is 2. The highest BCUT2D eigenvalue weighted by atomic mass is 79.9. The molecule has 0 spiro atoms. The van der Waals surface area contributed by atoms with E-state index in [0.717, 1.165) is 21.2 Å². The fraction of sp³-hybridized carbons (Fsp3) is 0.217. The van der Waals surface area contributed by atoms with Crippen molar-refractivity contribution in [2.45, 2.75) is 19.3 Å². The van der Waals surface area contributed by atoms with Gasteiger partial charge in [-0.25, -0.2) is 0 Å². The SMILES string of the molecule is COc1cc(CNCC(O)c2ccccc2)c(Br)cc1OCc1ccc(Cl)cc1. The minimum absolute atomic E-state index is 0.417. The van der Waals surface area contributed by atoms with Gasteiger partial charge in [0.25, 0.3) is 0 Å². The van der Waals surface area contributed by atoms with Crippen LogP contribution in [0.5, 0.6) is 11.5 Å². The largest absolute Gasteiger partial charge is 0.493 e. The number of aliphatic hydroxyl groups is 1. The summed E-state index contributed by atoms with van der Waals surface area (Å²) < 4.78 is 12.3. The van der Waals surface area contributed by atoms with Crippen molar-refractivity contribution in [3.63, 3.8) is 0 Å². The van der Waals surface area contributed by atoms with Crippen molar-refractivity contribution in [2.75, 3.05) is 13.7 Å². The first kappa shape index (κ1) is 21.7. The van der Waals surface area contributed by atoms with Gasteiger partial charge in [0.05, 0.1) is 13.2 Å². The van der Waals surface area contributed by atoms with Crippen LogP contribution in [0.2, 0.25) is 5.02 Å². The zero-order chi connectivity index (χ0) is 20.6. The molecule has 0 aliphatic carbocycles. The van der Waals surface area contributed by atoms with Crippen LogP contribution in [0.1, 0.15) is 22.8 Å². The van der Waals surface area contributed by atoms with Gasteiger partial charge in [0.15, 0.2) is 11.5 Å². The molecule has 152 valence electrons. The first-order valence-corrected chi connectivity index (χ1v) is 10.4. The number of benzene rings is 3. The third-order valence-corrected chi connectivity index (χ3v) is 5.47. The van der Waals surface area contributed by atoms with Gasteiger partial charge >= 0.3 is 0 Å². The first-order valence-electron chi connectivity index (χ1n) is 9.24. The second kappa shape index (κ2) is 10.6. The Kier molecular flexibility index (Phi) is 7.95. The summed E-state index contributed by atoms with van der Waals surface area (Å²) in [6.07, 6.45) is -0.557. The molecule has 0 radical (unpaired) electrons. The zero-order valence-corrected chi connectivity index (χ0v) is 18.4. The summed E-state index contributed by atoms with van der Waals surface area (Å²) in [5.74, 6) is 1.31. The van der Waals surface area contributed by atoms with Crippen LogP contribution in [0.3, 0.4) is 0 Å². The number of hydrogen-bond donors (Lipinski definition) is 2.